The summed E-state index contributed by atoms with van der Waals surface area (Å²) >= 11 is 0. The van der Waals surface area contributed by atoms with Crippen LogP contribution in [0.15, 0.2) is 60.7 Å². The molecule has 2 rings (SSSR count). The maximum absolute atomic E-state index is 12.5. The molecule has 0 spiro atoms. The highest BCUT2D eigenvalue weighted by Crippen LogP contribution is 2.24. The van der Waals surface area contributed by atoms with Gasteiger partial charge >= 0.3 is 29.8 Å². The molecule has 0 N–H and O–H groups in total. The number of ether oxygens (including phenoxy) is 5. The van der Waals surface area contributed by atoms with E-state index in [4.69, 9.17) is 23.7 Å². The molecule has 1 aliphatic heterocycles. The van der Waals surface area contributed by atoms with E-state index in [1.165, 1.54) is 32.9 Å². The third kappa shape index (κ3) is 9.76. The molecule has 43 heavy (non-hydrogen) atoms. The van der Waals surface area contributed by atoms with Gasteiger partial charge in [-0.15, -0.1) is 0 Å². The maximum Gasteiger partial charge on any atom is 0.333 e. The predicted molar refractivity (Wildman–Crippen MR) is 148 cm³/mol. The Labute approximate surface area is 248 Å². The molecule has 0 aliphatic carbocycles. The Hall–Kier alpha value is -5.07. The molecule has 13 heteroatoms. The van der Waals surface area contributed by atoms with Crippen molar-refractivity contribution in [3.05, 3.63) is 71.8 Å². The number of rotatable bonds is 16. The molecule has 2 amide bonds. The first-order valence-electron chi connectivity index (χ1n) is 12.9. The number of hydrogen-bond donors (Lipinski definition) is 0. The highest BCUT2D eigenvalue weighted by molar-refractivity contribution is 6.21. The van der Waals surface area contributed by atoms with Crippen LogP contribution in [0.3, 0.4) is 0 Å². The van der Waals surface area contributed by atoms with E-state index in [1.807, 2.05) is 0 Å². The fourth-order valence-electron chi connectivity index (χ4n) is 3.35. The van der Waals surface area contributed by atoms with Crippen LogP contribution in [0.25, 0.3) is 0 Å². The van der Waals surface area contributed by atoms with Gasteiger partial charge in [0.1, 0.15) is 31.8 Å². The third-order valence-corrected chi connectivity index (χ3v) is 5.88. The Kier molecular flexibility index (Phi) is 12.1. The number of hydrogen-bond acceptors (Lipinski definition) is 12. The van der Waals surface area contributed by atoms with E-state index < -0.39 is 93.1 Å². The molecule has 1 aromatic carbocycles. The van der Waals surface area contributed by atoms with Gasteiger partial charge in [0.05, 0.1) is 24.0 Å². The van der Waals surface area contributed by atoms with E-state index in [2.05, 4.69) is 19.7 Å². The number of imide groups is 1. The van der Waals surface area contributed by atoms with E-state index in [0.29, 0.717) is 0 Å². The summed E-state index contributed by atoms with van der Waals surface area (Å²) in [7, 11) is 0. The molecule has 0 atom stereocenters. The van der Waals surface area contributed by atoms with E-state index >= 15 is 0 Å². The first-order chi connectivity index (χ1) is 20.2. The summed E-state index contributed by atoms with van der Waals surface area (Å²) in [6, 6.07) is 6.15. The second-order valence-corrected chi connectivity index (χ2v) is 9.96. The Morgan fingerprint density at radius 2 is 0.977 bits per heavy atom. The highest BCUT2D eigenvalue weighted by atomic mass is 16.6. The molecule has 0 saturated carbocycles. The second-order valence-electron chi connectivity index (χ2n) is 9.96. The first kappa shape index (κ1) is 34.1. The summed E-state index contributed by atoms with van der Waals surface area (Å²) in [5.74, 6) is -5.41. The van der Waals surface area contributed by atoms with Gasteiger partial charge in [-0.2, -0.15) is 0 Å². The molecule has 0 unspecified atom stereocenters. The molecule has 1 aromatic rings. The molecule has 0 fully saturated rings. The summed E-state index contributed by atoms with van der Waals surface area (Å²) in [5, 5.41) is 0. The van der Waals surface area contributed by atoms with Crippen molar-refractivity contribution >= 4 is 41.7 Å². The van der Waals surface area contributed by atoms with Gasteiger partial charge in [-0.25, -0.2) is 19.3 Å². The molecule has 0 aromatic heterocycles. The minimum Gasteiger partial charge on any atom is -0.465 e. The smallest absolute Gasteiger partial charge is 0.333 e. The number of carbonyl (C=O) groups excluding carboxylic acids is 7. The van der Waals surface area contributed by atoms with Gasteiger partial charge in [-0.3, -0.25) is 19.2 Å². The molecule has 230 valence electrons. The zero-order chi connectivity index (χ0) is 32.3. The van der Waals surface area contributed by atoms with E-state index in [-0.39, 0.29) is 27.8 Å². The lowest BCUT2D eigenvalue weighted by Gasteiger charge is -2.31. The Morgan fingerprint density at radius 3 is 1.35 bits per heavy atom. The standard InChI is InChI=1S/C30H33NO12/c1-18(2)27(36)40-14-30(15-41-28(37)19(3)4,16-42-29(38)20(5)6)13-39-23(32)11-12-24(33)43-17-31-25(34)21-9-7-8-10-22(21)26(31)35/h7-10H,1,3,5,11-17H2,2,4,6H3. The lowest BCUT2D eigenvalue weighted by atomic mass is 9.92. The quantitative estimate of drug-likeness (QED) is 0.118. The van der Waals surface area contributed by atoms with Gasteiger partial charge in [0.25, 0.3) is 11.8 Å². The molecule has 0 radical (unpaired) electrons. The fraction of sp³-hybridized carbons (Fsp3) is 0.367. The number of esters is 5. The highest BCUT2D eigenvalue weighted by Gasteiger charge is 2.39. The van der Waals surface area contributed by atoms with Crippen LogP contribution in [0.4, 0.5) is 0 Å². The average Bonchev–Trinajstić information content (AvgIpc) is 3.21. The fourth-order valence-corrected chi connectivity index (χ4v) is 3.35. The topological polar surface area (TPSA) is 169 Å². The average molecular weight is 600 g/mol. The van der Waals surface area contributed by atoms with Crippen LogP contribution >= 0.6 is 0 Å². The third-order valence-electron chi connectivity index (χ3n) is 5.88. The van der Waals surface area contributed by atoms with Crippen molar-refractivity contribution in [2.24, 2.45) is 5.41 Å². The van der Waals surface area contributed by atoms with E-state index in [9.17, 15) is 33.6 Å². The van der Waals surface area contributed by atoms with Crippen molar-refractivity contribution in [2.75, 3.05) is 33.2 Å². The Morgan fingerprint density at radius 1 is 0.628 bits per heavy atom. The van der Waals surface area contributed by atoms with Crippen LogP contribution < -0.4 is 0 Å². The van der Waals surface area contributed by atoms with Crippen LogP contribution in [-0.2, 0) is 47.7 Å². The first-order valence-corrected chi connectivity index (χ1v) is 12.9. The van der Waals surface area contributed by atoms with Crippen LogP contribution in [-0.4, -0.2) is 79.7 Å². The Bertz CT molecular complexity index is 1250. The molecular formula is C30H33NO12. The molecular weight excluding hydrogens is 566 g/mol. The maximum atomic E-state index is 12.5. The van der Waals surface area contributed by atoms with E-state index in [0.717, 1.165) is 4.90 Å². The van der Waals surface area contributed by atoms with Crippen LogP contribution in [0.2, 0.25) is 0 Å². The van der Waals surface area contributed by atoms with Crippen molar-refractivity contribution < 1.29 is 57.2 Å². The summed E-state index contributed by atoms with van der Waals surface area (Å²) in [6.45, 7) is 11.9. The summed E-state index contributed by atoms with van der Waals surface area (Å²) in [5.41, 5.74) is -1.00. The lowest BCUT2D eigenvalue weighted by molar-refractivity contribution is -0.168. The van der Waals surface area contributed by atoms with Crippen molar-refractivity contribution in [1.82, 2.24) is 4.90 Å². The molecule has 13 nitrogen and oxygen atoms in total. The number of amides is 2. The number of carbonyl (C=O) groups is 7. The lowest BCUT2D eigenvalue weighted by Crippen LogP contribution is -2.44. The summed E-state index contributed by atoms with van der Waals surface area (Å²) in [6.07, 6.45) is -0.936. The van der Waals surface area contributed by atoms with Crippen LogP contribution in [0.1, 0.15) is 54.3 Å². The van der Waals surface area contributed by atoms with Gasteiger partial charge in [0.15, 0.2) is 6.73 Å². The van der Waals surface area contributed by atoms with Crippen LogP contribution in [0.5, 0.6) is 0 Å². The van der Waals surface area contributed by atoms with Crippen LogP contribution in [0, 0.1) is 5.41 Å². The van der Waals surface area contributed by atoms with Crippen molar-refractivity contribution in [1.29, 1.82) is 0 Å². The molecule has 1 aliphatic rings. The second kappa shape index (κ2) is 15.2. The van der Waals surface area contributed by atoms with Gasteiger partial charge < -0.3 is 23.7 Å². The van der Waals surface area contributed by atoms with Gasteiger partial charge in [-0.05, 0) is 32.9 Å². The zero-order valence-electron chi connectivity index (χ0n) is 24.2. The monoisotopic (exact) mass is 599 g/mol. The largest absolute Gasteiger partial charge is 0.465 e. The van der Waals surface area contributed by atoms with Crippen molar-refractivity contribution in [3.8, 4) is 0 Å². The normalized spacial score (nSPS) is 12.1. The number of fused-ring (bicyclic) bond motifs is 1. The van der Waals surface area contributed by atoms with Gasteiger partial charge in [0, 0.05) is 16.7 Å². The van der Waals surface area contributed by atoms with Crippen molar-refractivity contribution in [3.63, 3.8) is 0 Å². The van der Waals surface area contributed by atoms with Crippen molar-refractivity contribution in [2.45, 2.75) is 33.6 Å². The SMILES string of the molecule is C=C(C)C(=O)OCC(COC(=O)CCC(=O)OCN1C(=O)c2ccccc2C1=O)(COC(=O)C(=C)C)COC(=O)C(=C)C. The zero-order valence-corrected chi connectivity index (χ0v) is 24.2. The van der Waals surface area contributed by atoms with Gasteiger partial charge in [-0.1, -0.05) is 31.9 Å². The summed E-state index contributed by atoms with van der Waals surface area (Å²) in [4.78, 5) is 86.6. The molecule has 1 heterocycles. The minimum atomic E-state index is -1.55. The van der Waals surface area contributed by atoms with Gasteiger partial charge in [0.2, 0.25) is 0 Å². The molecule has 0 bridgehead atoms. The Balaban J connectivity index is 2.03. The number of benzene rings is 1. The predicted octanol–water partition coefficient (Wildman–Crippen LogP) is 2.45. The molecule has 0 saturated heterocycles. The summed E-state index contributed by atoms with van der Waals surface area (Å²) < 4.78 is 25.9. The minimum absolute atomic E-state index is 0.0588. The number of nitrogens with zero attached hydrogens (tertiary/aromatic N) is 1. The van der Waals surface area contributed by atoms with E-state index in [1.54, 1.807) is 12.1 Å².